The number of anilines is 1. The van der Waals surface area contributed by atoms with Crippen LogP contribution in [0, 0.1) is 11.3 Å². The van der Waals surface area contributed by atoms with Gasteiger partial charge in [-0.2, -0.15) is 10.4 Å². The molecule has 18 heavy (non-hydrogen) atoms. The molecule has 0 aromatic carbocycles. The maximum atomic E-state index is 11.5. The van der Waals surface area contributed by atoms with Gasteiger partial charge in [0.15, 0.2) is 5.82 Å². The summed E-state index contributed by atoms with van der Waals surface area (Å²) < 4.78 is 5.65. The number of nitriles is 1. The van der Waals surface area contributed by atoms with Crippen LogP contribution < -0.4 is 5.32 Å². The number of aromatic amines is 1. The van der Waals surface area contributed by atoms with E-state index in [2.05, 4.69) is 38.4 Å². The Morgan fingerprint density at radius 2 is 2.39 bits per heavy atom. The van der Waals surface area contributed by atoms with E-state index < -0.39 is 0 Å². The second-order valence-electron chi connectivity index (χ2n) is 3.68. The van der Waals surface area contributed by atoms with Crippen LogP contribution >= 0.6 is 15.9 Å². The summed E-state index contributed by atoms with van der Waals surface area (Å²) in [5.74, 6) is -0.103. The number of carbonyl (C=O) groups excluding carboxylic acids is 1. The smallest absolute Gasteiger partial charge is 0.251 e. The lowest BCUT2D eigenvalue weighted by molar-refractivity contribution is -0.120. The van der Waals surface area contributed by atoms with Gasteiger partial charge in [0.05, 0.1) is 0 Å². The molecule has 0 aliphatic heterocycles. The molecule has 0 fully saturated rings. The summed E-state index contributed by atoms with van der Waals surface area (Å²) in [6.07, 6.45) is 3.15. The lowest BCUT2D eigenvalue weighted by Gasteiger charge is -2.04. The van der Waals surface area contributed by atoms with Crippen molar-refractivity contribution in [1.29, 1.82) is 5.26 Å². The summed E-state index contributed by atoms with van der Waals surface area (Å²) in [5, 5.41) is 17.7. The second kappa shape index (κ2) is 7.84. The van der Waals surface area contributed by atoms with E-state index in [1.165, 1.54) is 0 Å². The van der Waals surface area contributed by atoms with Crippen LogP contribution in [-0.4, -0.2) is 29.3 Å². The Hall–Kier alpha value is -1.39. The zero-order valence-corrected chi connectivity index (χ0v) is 11.7. The van der Waals surface area contributed by atoms with Gasteiger partial charge in [-0.15, -0.1) is 0 Å². The Morgan fingerprint density at radius 1 is 1.61 bits per heavy atom. The van der Waals surface area contributed by atoms with Crippen LogP contribution in [0.4, 0.5) is 5.82 Å². The number of aromatic nitrogens is 2. The molecule has 0 spiro atoms. The lowest BCUT2D eigenvalue weighted by atomic mass is 10.3. The van der Waals surface area contributed by atoms with E-state index in [4.69, 9.17) is 10.00 Å². The molecule has 0 saturated carbocycles. The van der Waals surface area contributed by atoms with Crippen molar-refractivity contribution in [1.82, 2.24) is 10.2 Å². The van der Waals surface area contributed by atoms with E-state index in [1.54, 1.807) is 0 Å². The zero-order valence-electron chi connectivity index (χ0n) is 10.1. The number of carbonyl (C=O) groups is 1. The van der Waals surface area contributed by atoms with Crippen LogP contribution in [0.1, 0.15) is 31.7 Å². The molecule has 0 aliphatic carbocycles. The highest BCUT2D eigenvalue weighted by molar-refractivity contribution is 9.10. The van der Waals surface area contributed by atoms with Gasteiger partial charge in [-0.25, -0.2) is 0 Å². The van der Waals surface area contributed by atoms with E-state index in [-0.39, 0.29) is 23.9 Å². The van der Waals surface area contributed by atoms with Gasteiger partial charge in [-0.3, -0.25) is 9.89 Å². The summed E-state index contributed by atoms with van der Waals surface area (Å²) in [7, 11) is 0. The standard InChI is InChI=1S/C11H15BrN4O2/c1-2-3-4-5-18-7-9(17)14-11-8(6-13)10(12)15-16-11/h2-5,7H2,1H3,(H2,14,15,16,17). The quantitative estimate of drug-likeness (QED) is 0.755. The molecule has 0 atom stereocenters. The largest absolute Gasteiger partial charge is 0.372 e. The highest BCUT2D eigenvalue weighted by Crippen LogP contribution is 2.19. The first kappa shape index (κ1) is 14.7. The fraction of sp³-hybridized carbons (Fsp3) is 0.545. The molecule has 0 bridgehead atoms. The number of nitrogens with one attached hydrogen (secondary N) is 2. The average molecular weight is 315 g/mol. The molecule has 98 valence electrons. The fourth-order valence-electron chi connectivity index (χ4n) is 1.30. The summed E-state index contributed by atoms with van der Waals surface area (Å²) in [6, 6.07) is 1.94. The normalized spacial score (nSPS) is 10.1. The summed E-state index contributed by atoms with van der Waals surface area (Å²) in [6.45, 7) is 2.64. The van der Waals surface area contributed by atoms with Gasteiger partial charge in [-0.1, -0.05) is 19.8 Å². The van der Waals surface area contributed by atoms with Crippen LogP contribution in [0.5, 0.6) is 0 Å². The summed E-state index contributed by atoms with van der Waals surface area (Å²) in [5.41, 5.74) is 0.273. The van der Waals surface area contributed by atoms with Gasteiger partial charge in [-0.05, 0) is 22.4 Å². The molecule has 0 unspecified atom stereocenters. The van der Waals surface area contributed by atoms with Crippen molar-refractivity contribution in [2.45, 2.75) is 26.2 Å². The Labute approximate surface area is 114 Å². The third-order valence-corrected chi connectivity index (χ3v) is 2.79. The molecule has 0 aliphatic rings. The topological polar surface area (TPSA) is 90.8 Å². The summed E-state index contributed by atoms with van der Waals surface area (Å²) >= 11 is 3.13. The second-order valence-corrected chi connectivity index (χ2v) is 4.47. The predicted octanol–water partition coefficient (Wildman–Crippen LogP) is 2.19. The van der Waals surface area contributed by atoms with E-state index in [0.29, 0.717) is 11.2 Å². The number of ether oxygens (including phenoxy) is 1. The molecule has 6 nitrogen and oxygen atoms in total. The number of amides is 1. The third-order valence-electron chi connectivity index (χ3n) is 2.22. The molecule has 1 aromatic rings. The van der Waals surface area contributed by atoms with Gasteiger partial charge in [0, 0.05) is 6.61 Å². The Balaban J connectivity index is 2.34. The van der Waals surface area contributed by atoms with Gasteiger partial charge in [0.25, 0.3) is 5.91 Å². The SMILES string of the molecule is CCCCCOCC(=O)Nc1n[nH]c(Br)c1C#N. The third kappa shape index (κ3) is 4.47. The lowest BCUT2D eigenvalue weighted by Crippen LogP contribution is -2.19. The zero-order chi connectivity index (χ0) is 13.4. The minimum Gasteiger partial charge on any atom is -0.372 e. The van der Waals surface area contributed by atoms with Gasteiger partial charge >= 0.3 is 0 Å². The van der Waals surface area contributed by atoms with Crippen molar-refractivity contribution in [2.24, 2.45) is 0 Å². The van der Waals surface area contributed by atoms with E-state index in [1.807, 2.05) is 6.07 Å². The van der Waals surface area contributed by atoms with Crippen LogP contribution in [0.15, 0.2) is 4.60 Å². The first-order chi connectivity index (χ1) is 8.69. The van der Waals surface area contributed by atoms with Crippen molar-refractivity contribution in [3.05, 3.63) is 10.2 Å². The maximum absolute atomic E-state index is 11.5. The molecule has 0 radical (unpaired) electrons. The van der Waals surface area contributed by atoms with Crippen molar-refractivity contribution in [3.8, 4) is 6.07 Å². The van der Waals surface area contributed by atoms with Crippen molar-refractivity contribution < 1.29 is 9.53 Å². The monoisotopic (exact) mass is 314 g/mol. The Morgan fingerprint density at radius 3 is 3.06 bits per heavy atom. The van der Waals surface area contributed by atoms with Crippen molar-refractivity contribution >= 4 is 27.7 Å². The molecule has 1 amide bonds. The molecular formula is C11H15BrN4O2. The van der Waals surface area contributed by atoms with Gasteiger partial charge in [0.2, 0.25) is 0 Å². The first-order valence-electron chi connectivity index (χ1n) is 5.70. The number of unbranched alkanes of at least 4 members (excludes halogenated alkanes) is 2. The minimum absolute atomic E-state index is 0.0287. The molecule has 7 heteroatoms. The molecule has 1 heterocycles. The number of halogens is 1. The van der Waals surface area contributed by atoms with E-state index in [0.717, 1.165) is 19.3 Å². The fourth-order valence-corrected chi connectivity index (χ4v) is 1.67. The molecular weight excluding hydrogens is 300 g/mol. The van der Waals surface area contributed by atoms with Crippen LogP contribution in [0.25, 0.3) is 0 Å². The average Bonchev–Trinajstić information content (AvgIpc) is 2.69. The predicted molar refractivity (Wildman–Crippen MR) is 70.0 cm³/mol. The summed E-state index contributed by atoms with van der Waals surface area (Å²) in [4.78, 5) is 11.5. The highest BCUT2D eigenvalue weighted by Gasteiger charge is 2.13. The maximum Gasteiger partial charge on any atom is 0.251 e. The van der Waals surface area contributed by atoms with Crippen LogP contribution in [0.3, 0.4) is 0 Å². The van der Waals surface area contributed by atoms with Gasteiger partial charge < -0.3 is 10.1 Å². The van der Waals surface area contributed by atoms with E-state index >= 15 is 0 Å². The highest BCUT2D eigenvalue weighted by atomic mass is 79.9. The van der Waals surface area contributed by atoms with Gasteiger partial charge in [0.1, 0.15) is 22.8 Å². The first-order valence-corrected chi connectivity index (χ1v) is 6.49. The van der Waals surface area contributed by atoms with Crippen molar-refractivity contribution in [2.75, 3.05) is 18.5 Å². The number of rotatable bonds is 7. The number of hydrogen-bond acceptors (Lipinski definition) is 4. The number of nitrogens with zero attached hydrogens (tertiary/aromatic N) is 2. The molecule has 1 rings (SSSR count). The molecule has 0 saturated heterocycles. The van der Waals surface area contributed by atoms with Crippen LogP contribution in [0.2, 0.25) is 0 Å². The minimum atomic E-state index is -0.318. The Bertz CT molecular complexity index is 439. The number of hydrogen-bond donors (Lipinski definition) is 2. The Kier molecular flexibility index (Phi) is 6.39. The number of H-pyrrole nitrogens is 1. The van der Waals surface area contributed by atoms with Crippen molar-refractivity contribution in [3.63, 3.8) is 0 Å². The van der Waals surface area contributed by atoms with E-state index in [9.17, 15) is 4.79 Å². The van der Waals surface area contributed by atoms with Crippen LogP contribution in [-0.2, 0) is 9.53 Å². The molecule has 2 N–H and O–H groups in total. The molecule has 1 aromatic heterocycles.